The predicted octanol–water partition coefficient (Wildman–Crippen LogP) is 3.82. The zero-order chi connectivity index (χ0) is 17.2. The minimum atomic E-state index is -0.866. The summed E-state index contributed by atoms with van der Waals surface area (Å²) in [6.45, 7) is 3.52. The minimum absolute atomic E-state index is 0.100. The highest BCUT2D eigenvalue weighted by atomic mass is 79.9. The van der Waals surface area contributed by atoms with Crippen LogP contribution in [0, 0.1) is 0 Å². The lowest BCUT2D eigenvalue weighted by atomic mass is 10.3. The summed E-state index contributed by atoms with van der Waals surface area (Å²) in [6.07, 6.45) is -0.485. The Morgan fingerprint density at radius 2 is 1.74 bits per heavy atom. The van der Waals surface area contributed by atoms with Gasteiger partial charge in [0.25, 0.3) is 0 Å². The van der Waals surface area contributed by atoms with Gasteiger partial charge < -0.3 is 14.6 Å². The molecule has 0 aromatic heterocycles. The second-order valence-electron chi connectivity index (χ2n) is 4.17. The molecule has 1 N–H and O–H groups in total. The van der Waals surface area contributed by atoms with E-state index < -0.39 is 29.8 Å². The first-order valence-corrected chi connectivity index (χ1v) is 7.69. The second-order valence-corrected chi connectivity index (χ2v) is 5.09. The van der Waals surface area contributed by atoms with E-state index >= 15 is 0 Å². The number of benzene rings is 1. The summed E-state index contributed by atoms with van der Waals surface area (Å²) in [6, 6.07) is 6.83. The Bertz CT molecular complexity index is 611. The number of ether oxygens (including phenoxy) is 2. The van der Waals surface area contributed by atoms with Gasteiger partial charge in [-0.25, -0.2) is 4.79 Å². The van der Waals surface area contributed by atoms with Gasteiger partial charge in [0.1, 0.15) is 12.2 Å². The van der Waals surface area contributed by atoms with Gasteiger partial charge in [0, 0.05) is 4.47 Å². The summed E-state index contributed by atoms with van der Waals surface area (Å²) in [5.41, 5.74) is 0.0433. The van der Waals surface area contributed by atoms with Crippen LogP contribution < -0.4 is 0 Å². The van der Waals surface area contributed by atoms with E-state index in [0.717, 1.165) is 4.47 Å². The van der Waals surface area contributed by atoms with Gasteiger partial charge in [0.2, 0.25) is 5.70 Å². The lowest BCUT2D eigenvalue weighted by molar-refractivity contribution is -0.142. The van der Waals surface area contributed by atoms with Crippen molar-refractivity contribution < 1.29 is 24.2 Å². The second kappa shape index (κ2) is 9.73. The molecule has 0 radical (unpaired) electrons. The van der Waals surface area contributed by atoms with Crippen LogP contribution in [0.15, 0.2) is 50.4 Å². The number of nitrogens with zero attached hydrogens (tertiary/aromatic N) is 2. The highest BCUT2D eigenvalue weighted by molar-refractivity contribution is 9.10. The van der Waals surface area contributed by atoms with Crippen molar-refractivity contribution in [1.29, 1.82) is 0 Å². The van der Waals surface area contributed by atoms with E-state index in [-0.39, 0.29) is 13.2 Å². The molecule has 0 aliphatic heterocycles. The van der Waals surface area contributed by atoms with Gasteiger partial charge in [-0.1, -0.05) is 15.9 Å². The largest absolute Gasteiger partial charge is 0.509 e. The number of hydrogen-bond donors (Lipinski definition) is 1. The first kappa shape index (κ1) is 18.8. The Kier molecular flexibility index (Phi) is 7.96. The third kappa shape index (κ3) is 6.60. The van der Waals surface area contributed by atoms with Gasteiger partial charge >= 0.3 is 11.9 Å². The van der Waals surface area contributed by atoms with Crippen LogP contribution in [-0.4, -0.2) is 30.3 Å². The number of aliphatic hydroxyl groups is 1. The van der Waals surface area contributed by atoms with Gasteiger partial charge in [-0.05, 0) is 38.1 Å². The van der Waals surface area contributed by atoms with Crippen LogP contribution in [0.2, 0.25) is 0 Å². The molecule has 0 bridgehead atoms. The van der Waals surface area contributed by atoms with Crippen LogP contribution in [-0.2, 0) is 19.1 Å². The molecule has 0 heterocycles. The molecule has 1 rings (SSSR count). The molecule has 0 aliphatic carbocycles. The van der Waals surface area contributed by atoms with E-state index in [9.17, 15) is 14.7 Å². The quantitative estimate of drug-likeness (QED) is 0.333. The predicted molar refractivity (Wildman–Crippen MR) is 86.2 cm³/mol. The zero-order valence-corrected chi connectivity index (χ0v) is 14.4. The van der Waals surface area contributed by atoms with Gasteiger partial charge in [-0.2, -0.15) is 5.11 Å². The van der Waals surface area contributed by atoms with E-state index in [0.29, 0.717) is 5.69 Å². The number of carbonyl (C=O) groups excluding carboxylic acids is 2. The summed E-state index contributed by atoms with van der Waals surface area (Å²) >= 11 is 3.29. The van der Waals surface area contributed by atoms with Crippen molar-refractivity contribution in [3.05, 3.63) is 40.2 Å². The Morgan fingerprint density at radius 3 is 2.30 bits per heavy atom. The molecule has 0 aliphatic rings. The number of azo groups is 1. The topological polar surface area (TPSA) is 97.5 Å². The van der Waals surface area contributed by atoms with Crippen molar-refractivity contribution in [2.45, 2.75) is 20.3 Å². The fourth-order valence-electron chi connectivity index (χ4n) is 1.46. The molecule has 0 fully saturated rings. The third-order valence-electron chi connectivity index (χ3n) is 2.45. The zero-order valence-electron chi connectivity index (χ0n) is 12.8. The number of esters is 2. The van der Waals surface area contributed by atoms with Crippen LogP contribution in [0.1, 0.15) is 20.3 Å². The Hall–Kier alpha value is -2.22. The molecule has 7 nitrogen and oxygen atoms in total. The maximum atomic E-state index is 11.8. The first-order valence-electron chi connectivity index (χ1n) is 6.90. The Balaban J connectivity index is 3.01. The van der Waals surface area contributed by atoms with Crippen LogP contribution in [0.5, 0.6) is 0 Å². The number of rotatable bonds is 7. The first-order chi connectivity index (χ1) is 11.0. The standard InChI is InChI=1S/C15H17BrN2O5/c1-3-22-13(20)9-12(19)14(15(21)23-4-2)18-17-11-7-5-10(16)6-8-11/h5-8,19H,3-4,9H2,1-2H3/b14-12-,18-17?. The molecular weight excluding hydrogens is 368 g/mol. The average Bonchev–Trinajstić information content (AvgIpc) is 2.49. The van der Waals surface area contributed by atoms with E-state index in [1.54, 1.807) is 38.1 Å². The number of halogens is 1. The molecule has 0 amide bonds. The van der Waals surface area contributed by atoms with Gasteiger partial charge in [-0.15, -0.1) is 5.11 Å². The Morgan fingerprint density at radius 1 is 1.13 bits per heavy atom. The van der Waals surface area contributed by atoms with Crippen molar-refractivity contribution in [3.63, 3.8) is 0 Å². The molecule has 1 aromatic rings. The van der Waals surface area contributed by atoms with Gasteiger partial charge in [0.05, 0.1) is 18.9 Å². The average molecular weight is 385 g/mol. The lowest BCUT2D eigenvalue weighted by Crippen LogP contribution is -2.12. The lowest BCUT2D eigenvalue weighted by Gasteiger charge is -2.05. The molecule has 124 valence electrons. The molecule has 0 atom stereocenters. The summed E-state index contributed by atoms with van der Waals surface area (Å²) in [4.78, 5) is 23.3. The van der Waals surface area contributed by atoms with Crippen molar-refractivity contribution >= 4 is 33.6 Å². The van der Waals surface area contributed by atoms with E-state index in [1.165, 1.54) is 0 Å². The normalized spacial score (nSPS) is 12.0. The highest BCUT2D eigenvalue weighted by Crippen LogP contribution is 2.19. The van der Waals surface area contributed by atoms with E-state index in [1.807, 2.05) is 0 Å². The number of hydrogen-bond acceptors (Lipinski definition) is 7. The monoisotopic (exact) mass is 384 g/mol. The van der Waals surface area contributed by atoms with Crippen molar-refractivity contribution in [2.24, 2.45) is 10.2 Å². The van der Waals surface area contributed by atoms with E-state index in [2.05, 4.69) is 26.2 Å². The molecular formula is C15H17BrN2O5. The third-order valence-corrected chi connectivity index (χ3v) is 2.98. The van der Waals surface area contributed by atoms with Crippen molar-refractivity contribution in [3.8, 4) is 0 Å². The summed E-state index contributed by atoms with van der Waals surface area (Å²) < 4.78 is 10.4. The van der Waals surface area contributed by atoms with Crippen LogP contribution in [0.4, 0.5) is 5.69 Å². The molecule has 8 heteroatoms. The summed E-state index contributed by atoms with van der Waals surface area (Å²) in [7, 11) is 0. The fraction of sp³-hybridized carbons (Fsp3) is 0.333. The molecule has 0 saturated carbocycles. The van der Waals surface area contributed by atoms with Gasteiger partial charge in [-0.3, -0.25) is 4.79 Å². The number of carbonyl (C=O) groups is 2. The maximum Gasteiger partial charge on any atom is 0.362 e. The molecule has 0 unspecified atom stereocenters. The summed E-state index contributed by atoms with van der Waals surface area (Å²) in [5, 5.41) is 17.5. The molecule has 23 heavy (non-hydrogen) atoms. The molecule has 0 spiro atoms. The van der Waals surface area contributed by atoms with Gasteiger partial charge in [0.15, 0.2) is 0 Å². The molecule has 0 saturated heterocycles. The number of aliphatic hydroxyl groups excluding tert-OH is 1. The maximum absolute atomic E-state index is 11.8. The van der Waals surface area contributed by atoms with Crippen molar-refractivity contribution in [1.82, 2.24) is 0 Å². The Labute approximate surface area is 142 Å². The smallest absolute Gasteiger partial charge is 0.362 e. The van der Waals surface area contributed by atoms with Crippen LogP contribution in [0.3, 0.4) is 0 Å². The van der Waals surface area contributed by atoms with E-state index in [4.69, 9.17) is 9.47 Å². The fourth-order valence-corrected chi connectivity index (χ4v) is 1.73. The van der Waals surface area contributed by atoms with Crippen LogP contribution >= 0.6 is 15.9 Å². The molecule has 1 aromatic carbocycles. The van der Waals surface area contributed by atoms with Crippen molar-refractivity contribution in [2.75, 3.05) is 13.2 Å². The highest BCUT2D eigenvalue weighted by Gasteiger charge is 2.19. The van der Waals surface area contributed by atoms with Crippen LogP contribution in [0.25, 0.3) is 0 Å². The summed E-state index contributed by atoms with van der Waals surface area (Å²) in [5.74, 6) is -2.09. The SMILES string of the molecule is CCOC(=O)C/C(O)=C(/N=Nc1ccc(Br)cc1)C(=O)OCC. The minimum Gasteiger partial charge on any atom is -0.509 e.